The van der Waals surface area contributed by atoms with E-state index in [0.717, 1.165) is 44.1 Å². The highest BCUT2D eigenvalue weighted by molar-refractivity contribution is 5.05. The fourth-order valence-electron chi connectivity index (χ4n) is 3.01. The third-order valence-corrected chi connectivity index (χ3v) is 4.40. The molecule has 1 N–H and O–H groups in total. The zero-order valence-electron chi connectivity index (χ0n) is 11.9. The lowest BCUT2D eigenvalue weighted by atomic mass is 10.1. The maximum Gasteiger partial charge on any atom is 0.343 e. The van der Waals surface area contributed by atoms with Gasteiger partial charge in [-0.25, -0.2) is 14.9 Å². The third-order valence-electron chi connectivity index (χ3n) is 4.40. The monoisotopic (exact) mass is 289 g/mol. The molecule has 0 bridgehead atoms. The van der Waals surface area contributed by atoms with Crippen molar-refractivity contribution in [2.75, 3.05) is 13.1 Å². The third kappa shape index (κ3) is 2.65. The Hall–Kier alpha value is -1.89. The molecular formula is C14H19N5O2. The van der Waals surface area contributed by atoms with E-state index in [2.05, 4.69) is 20.1 Å². The van der Waals surface area contributed by atoms with Gasteiger partial charge in [-0.1, -0.05) is 0 Å². The van der Waals surface area contributed by atoms with Gasteiger partial charge in [0.1, 0.15) is 12.1 Å². The van der Waals surface area contributed by atoms with E-state index in [9.17, 15) is 4.79 Å². The Bertz CT molecular complexity index is 661. The minimum atomic E-state index is -0.113. The van der Waals surface area contributed by atoms with Crippen LogP contribution < -0.4 is 5.69 Å². The summed E-state index contributed by atoms with van der Waals surface area (Å²) >= 11 is 0. The molecule has 0 atom stereocenters. The topological polar surface area (TPSA) is 80.0 Å². The number of piperidine rings is 1. The Balaban J connectivity index is 1.34. The van der Waals surface area contributed by atoms with Gasteiger partial charge in [-0.05, 0) is 25.7 Å². The number of aromatic nitrogens is 4. The summed E-state index contributed by atoms with van der Waals surface area (Å²) in [4.78, 5) is 18.3. The van der Waals surface area contributed by atoms with Crippen molar-refractivity contribution < 1.29 is 4.42 Å². The number of H-pyrrole nitrogens is 1. The van der Waals surface area contributed by atoms with E-state index < -0.39 is 0 Å². The molecule has 21 heavy (non-hydrogen) atoms. The molecule has 1 saturated heterocycles. The van der Waals surface area contributed by atoms with Crippen LogP contribution in [0.15, 0.2) is 21.7 Å². The van der Waals surface area contributed by atoms with Crippen LogP contribution in [0.5, 0.6) is 0 Å². The number of hydrogen-bond acceptors (Lipinski definition) is 5. The van der Waals surface area contributed by atoms with Crippen LogP contribution in [0.4, 0.5) is 0 Å². The molecule has 2 aromatic rings. The van der Waals surface area contributed by atoms with Crippen molar-refractivity contribution in [3.05, 3.63) is 34.7 Å². The second kappa shape index (κ2) is 5.14. The molecule has 0 radical (unpaired) electrons. The summed E-state index contributed by atoms with van der Waals surface area (Å²) in [5, 5.41) is 6.25. The van der Waals surface area contributed by atoms with Crippen LogP contribution in [-0.2, 0) is 6.54 Å². The fourth-order valence-corrected chi connectivity index (χ4v) is 3.01. The fraction of sp³-hybridized carbons (Fsp3) is 0.643. The van der Waals surface area contributed by atoms with E-state index in [4.69, 9.17) is 4.42 Å². The second-order valence-corrected chi connectivity index (χ2v) is 6.02. The Morgan fingerprint density at radius 3 is 2.76 bits per heavy atom. The van der Waals surface area contributed by atoms with E-state index in [1.807, 2.05) is 6.20 Å². The Morgan fingerprint density at radius 2 is 2.10 bits per heavy atom. The highest BCUT2D eigenvalue weighted by Crippen LogP contribution is 2.39. The number of aromatic amines is 1. The molecular weight excluding hydrogens is 270 g/mol. The number of nitrogens with zero attached hydrogens (tertiary/aromatic N) is 4. The first-order valence-corrected chi connectivity index (χ1v) is 7.58. The molecule has 1 saturated carbocycles. The summed E-state index contributed by atoms with van der Waals surface area (Å²) in [6.07, 6.45) is 7.81. The van der Waals surface area contributed by atoms with E-state index in [1.54, 1.807) is 10.9 Å². The van der Waals surface area contributed by atoms with Gasteiger partial charge in [0.15, 0.2) is 5.89 Å². The standard InChI is InChI=1S/C14H19N5O2/c20-14-17-16-9-19(14)11-3-5-18(6-4-11)8-12-7-15-13(21-12)10-1-2-10/h7,9-11H,1-6,8H2,(H,17,20). The lowest BCUT2D eigenvalue weighted by molar-refractivity contribution is 0.166. The predicted octanol–water partition coefficient (Wildman–Crippen LogP) is 1.27. The van der Waals surface area contributed by atoms with Gasteiger partial charge in [-0.3, -0.25) is 9.47 Å². The van der Waals surface area contributed by atoms with Gasteiger partial charge in [0.2, 0.25) is 0 Å². The molecule has 112 valence electrons. The second-order valence-electron chi connectivity index (χ2n) is 6.02. The van der Waals surface area contributed by atoms with Gasteiger partial charge in [0.25, 0.3) is 0 Å². The zero-order valence-corrected chi connectivity index (χ0v) is 11.9. The molecule has 0 amide bonds. The van der Waals surface area contributed by atoms with Crippen LogP contribution in [0.3, 0.4) is 0 Å². The number of hydrogen-bond donors (Lipinski definition) is 1. The summed E-state index contributed by atoms with van der Waals surface area (Å²) in [5.41, 5.74) is -0.113. The lowest BCUT2D eigenvalue weighted by Gasteiger charge is -2.31. The molecule has 0 unspecified atom stereocenters. The van der Waals surface area contributed by atoms with Crippen molar-refractivity contribution >= 4 is 0 Å². The minimum absolute atomic E-state index is 0.113. The van der Waals surface area contributed by atoms with Crippen molar-refractivity contribution in [3.63, 3.8) is 0 Å². The number of oxazole rings is 1. The number of rotatable bonds is 4. The summed E-state index contributed by atoms with van der Waals surface area (Å²) < 4.78 is 7.51. The molecule has 7 nitrogen and oxygen atoms in total. The van der Waals surface area contributed by atoms with E-state index in [1.165, 1.54) is 12.8 Å². The van der Waals surface area contributed by atoms with Gasteiger partial charge in [0.05, 0.1) is 12.7 Å². The first-order chi connectivity index (χ1) is 10.3. The Kier molecular flexibility index (Phi) is 3.14. The largest absolute Gasteiger partial charge is 0.444 e. The molecule has 1 aliphatic carbocycles. The minimum Gasteiger partial charge on any atom is -0.444 e. The SMILES string of the molecule is O=c1[nH]ncn1C1CCN(Cc2cnc(C3CC3)o2)CC1. The molecule has 2 aromatic heterocycles. The molecule has 2 aliphatic rings. The average molecular weight is 289 g/mol. The normalized spacial score (nSPS) is 21.0. The Morgan fingerprint density at radius 1 is 1.29 bits per heavy atom. The first kappa shape index (κ1) is 12.8. The summed E-state index contributed by atoms with van der Waals surface area (Å²) in [7, 11) is 0. The van der Waals surface area contributed by atoms with Crippen LogP contribution >= 0.6 is 0 Å². The average Bonchev–Trinajstić information content (AvgIpc) is 3.10. The van der Waals surface area contributed by atoms with E-state index in [-0.39, 0.29) is 11.7 Å². The molecule has 0 spiro atoms. The molecule has 4 rings (SSSR count). The number of nitrogens with one attached hydrogen (secondary N) is 1. The smallest absolute Gasteiger partial charge is 0.343 e. The van der Waals surface area contributed by atoms with Crippen molar-refractivity contribution in [1.29, 1.82) is 0 Å². The van der Waals surface area contributed by atoms with Crippen molar-refractivity contribution in [2.24, 2.45) is 0 Å². The van der Waals surface area contributed by atoms with E-state index >= 15 is 0 Å². The Labute approximate surface area is 122 Å². The number of likely N-dealkylation sites (tertiary alicyclic amines) is 1. The molecule has 3 heterocycles. The van der Waals surface area contributed by atoms with Gasteiger partial charge >= 0.3 is 5.69 Å². The maximum absolute atomic E-state index is 11.6. The molecule has 7 heteroatoms. The van der Waals surface area contributed by atoms with Crippen LogP contribution in [0, 0.1) is 0 Å². The predicted molar refractivity (Wildman–Crippen MR) is 74.9 cm³/mol. The van der Waals surface area contributed by atoms with Gasteiger partial charge < -0.3 is 4.42 Å². The highest BCUT2D eigenvalue weighted by atomic mass is 16.4. The van der Waals surface area contributed by atoms with Crippen molar-refractivity contribution in [1.82, 2.24) is 24.6 Å². The van der Waals surface area contributed by atoms with Gasteiger partial charge in [0, 0.05) is 25.0 Å². The van der Waals surface area contributed by atoms with Crippen molar-refractivity contribution in [3.8, 4) is 0 Å². The van der Waals surface area contributed by atoms with Crippen LogP contribution in [0.2, 0.25) is 0 Å². The molecule has 1 aliphatic heterocycles. The summed E-state index contributed by atoms with van der Waals surface area (Å²) in [6.45, 7) is 2.73. The lowest BCUT2D eigenvalue weighted by Crippen LogP contribution is -2.36. The first-order valence-electron chi connectivity index (χ1n) is 7.58. The van der Waals surface area contributed by atoms with Crippen LogP contribution in [-0.4, -0.2) is 37.7 Å². The summed E-state index contributed by atoms with van der Waals surface area (Å²) in [5.74, 6) is 2.43. The maximum atomic E-state index is 11.6. The molecule has 0 aromatic carbocycles. The molecule has 2 fully saturated rings. The summed E-state index contributed by atoms with van der Waals surface area (Å²) in [6, 6.07) is 0.254. The van der Waals surface area contributed by atoms with Crippen LogP contribution in [0.25, 0.3) is 0 Å². The van der Waals surface area contributed by atoms with Gasteiger partial charge in [-0.2, -0.15) is 5.10 Å². The van der Waals surface area contributed by atoms with Gasteiger partial charge in [-0.15, -0.1) is 0 Å². The quantitative estimate of drug-likeness (QED) is 0.917. The highest BCUT2D eigenvalue weighted by Gasteiger charge is 2.29. The van der Waals surface area contributed by atoms with Crippen molar-refractivity contribution in [2.45, 2.75) is 44.2 Å². The van der Waals surface area contributed by atoms with E-state index in [0.29, 0.717) is 5.92 Å². The zero-order chi connectivity index (χ0) is 14.2. The van der Waals surface area contributed by atoms with Crippen LogP contribution in [0.1, 0.15) is 49.3 Å².